The van der Waals surface area contributed by atoms with Gasteiger partial charge in [0.25, 0.3) is 0 Å². The van der Waals surface area contributed by atoms with Crippen molar-refractivity contribution in [2.75, 3.05) is 0 Å². The third-order valence-corrected chi connectivity index (χ3v) is 4.79. The van der Waals surface area contributed by atoms with Crippen LogP contribution in [-0.4, -0.2) is 15.6 Å². The van der Waals surface area contributed by atoms with Crippen LogP contribution in [0, 0.1) is 27.7 Å². The van der Waals surface area contributed by atoms with Crippen molar-refractivity contribution in [3.8, 4) is 0 Å². The Bertz CT molecular complexity index is 673. The normalized spacial score (nSPS) is 12.5. The molecule has 1 unspecified atom stereocenters. The van der Waals surface area contributed by atoms with Crippen LogP contribution in [0.2, 0.25) is 0 Å². The predicted octanol–water partition coefficient (Wildman–Crippen LogP) is 4.32. The van der Waals surface area contributed by atoms with Gasteiger partial charge in [-0.2, -0.15) is 5.10 Å². The molecule has 3 nitrogen and oxygen atoms in total. The Morgan fingerprint density at radius 2 is 1.90 bits per heavy atom. The molecule has 0 fully saturated rings. The monoisotopic (exact) mass is 334 g/mol. The molecule has 0 amide bonds. The van der Waals surface area contributed by atoms with Crippen LogP contribution in [0.3, 0.4) is 0 Å². The van der Waals surface area contributed by atoms with Crippen molar-refractivity contribution in [1.29, 1.82) is 0 Å². The zero-order chi connectivity index (χ0) is 15.0. The highest BCUT2D eigenvalue weighted by Gasteiger charge is 2.22. The molecule has 1 aromatic carbocycles. The third kappa shape index (κ3) is 2.57. The van der Waals surface area contributed by atoms with Gasteiger partial charge >= 0.3 is 0 Å². The van der Waals surface area contributed by atoms with Crippen LogP contribution in [0.5, 0.6) is 0 Å². The molecule has 0 spiro atoms. The Morgan fingerprint density at radius 1 is 1.25 bits per heavy atom. The smallest absolute Gasteiger partial charge is 0.187 e. The van der Waals surface area contributed by atoms with Gasteiger partial charge in [0.15, 0.2) is 5.78 Å². The lowest BCUT2D eigenvalue weighted by atomic mass is 9.98. The van der Waals surface area contributed by atoms with Gasteiger partial charge in [0.2, 0.25) is 0 Å². The van der Waals surface area contributed by atoms with Crippen LogP contribution in [0.1, 0.15) is 45.8 Å². The van der Waals surface area contributed by atoms with E-state index in [0.717, 1.165) is 32.6 Å². The van der Waals surface area contributed by atoms with E-state index in [1.165, 1.54) is 0 Å². The van der Waals surface area contributed by atoms with E-state index in [1.54, 1.807) is 4.68 Å². The quantitative estimate of drug-likeness (QED) is 0.783. The van der Waals surface area contributed by atoms with E-state index in [2.05, 4.69) is 21.0 Å². The van der Waals surface area contributed by atoms with E-state index in [0.29, 0.717) is 0 Å². The minimum Gasteiger partial charge on any atom is -0.292 e. The molecule has 2 aromatic rings. The van der Waals surface area contributed by atoms with E-state index in [-0.39, 0.29) is 11.8 Å². The number of hydrogen-bond donors (Lipinski definition) is 0. The van der Waals surface area contributed by atoms with Gasteiger partial charge in [-0.15, -0.1) is 0 Å². The van der Waals surface area contributed by atoms with E-state index in [1.807, 2.05) is 52.8 Å². The zero-order valence-corrected chi connectivity index (χ0v) is 14.1. The van der Waals surface area contributed by atoms with E-state index < -0.39 is 0 Å². The minimum absolute atomic E-state index is 0.101. The lowest BCUT2D eigenvalue weighted by Crippen LogP contribution is -2.20. The van der Waals surface area contributed by atoms with Crippen LogP contribution in [0.25, 0.3) is 0 Å². The van der Waals surface area contributed by atoms with Crippen molar-refractivity contribution in [2.24, 2.45) is 0 Å². The van der Waals surface area contributed by atoms with Gasteiger partial charge in [0.1, 0.15) is 6.04 Å². The molecule has 0 N–H and O–H groups in total. The average Bonchev–Trinajstić information content (AvgIpc) is 2.67. The number of hydrogen-bond acceptors (Lipinski definition) is 2. The summed E-state index contributed by atoms with van der Waals surface area (Å²) in [7, 11) is 0. The standard InChI is InChI=1S/C16H19BrN2O/c1-9-6-7-10(2)14(8-9)16(20)13(5)19-12(4)15(17)11(3)18-19/h6-8,13H,1-5H3. The SMILES string of the molecule is Cc1ccc(C)c(C(=O)C(C)n2nc(C)c(Br)c2C)c1. The highest BCUT2D eigenvalue weighted by atomic mass is 79.9. The van der Waals surface area contributed by atoms with Crippen LogP contribution < -0.4 is 0 Å². The van der Waals surface area contributed by atoms with Gasteiger partial charge in [0.05, 0.1) is 15.9 Å². The fourth-order valence-corrected chi connectivity index (χ4v) is 2.62. The second-order valence-corrected chi connectivity index (χ2v) is 6.08. The second kappa shape index (κ2) is 5.52. The molecule has 2 rings (SSSR count). The largest absolute Gasteiger partial charge is 0.292 e. The number of aryl methyl sites for hydroxylation is 3. The van der Waals surface area contributed by atoms with E-state index in [4.69, 9.17) is 0 Å². The highest BCUT2D eigenvalue weighted by Crippen LogP contribution is 2.25. The molecule has 20 heavy (non-hydrogen) atoms. The van der Waals surface area contributed by atoms with Gasteiger partial charge in [-0.05, 0) is 62.2 Å². The molecule has 1 atom stereocenters. The fraction of sp³-hybridized carbons (Fsp3) is 0.375. The number of aromatic nitrogens is 2. The summed E-state index contributed by atoms with van der Waals surface area (Å²) in [6, 6.07) is 5.67. The summed E-state index contributed by atoms with van der Waals surface area (Å²) >= 11 is 3.51. The first-order chi connectivity index (χ1) is 9.32. The number of nitrogens with zero attached hydrogens (tertiary/aromatic N) is 2. The molecule has 1 heterocycles. The van der Waals surface area contributed by atoms with Gasteiger partial charge in [-0.1, -0.05) is 17.7 Å². The lowest BCUT2D eigenvalue weighted by Gasteiger charge is -2.15. The Labute approximate surface area is 128 Å². The van der Waals surface area contributed by atoms with E-state index >= 15 is 0 Å². The second-order valence-electron chi connectivity index (χ2n) is 5.29. The maximum atomic E-state index is 12.7. The van der Waals surface area contributed by atoms with Crippen molar-refractivity contribution in [2.45, 2.75) is 40.7 Å². The van der Waals surface area contributed by atoms with Crippen molar-refractivity contribution < 1.29 is 4.79 Å². The Hall–Kier alpha value is -1.42. The summed E-state index contributed by atoms with van der Waals surface area (Å²) in [5, 5.41) is 4.46. The summed E-state index contributed by atoms with van der Waals surface area (Å²) in [6.45, 7) is 9.77. The highest BCUT2D eigenvalue weighted by molar-refractivity contribution is 9.10. The average molecular weight is 335 g/mol. The van der Waals surface area contributed by atoms with Crippen LogP contribution >= 0.6 is 15.9 Å². The van der Waals surface area contributed by atoms with Crippen LogP contribution in [0.4, 0.5) is 0 Å². The van der Waals surface area contributed by atoms with Gasteiger partial charge in [-0.25, -0.2) is 0 Å². The first kappa shape index (κ1) is 15.0. The van der Waals surface area contributed by atoms with Crippen molar-refractivity contribution in [1.82, 2.24) is 9.78 Å². The summed E-state index contributed by atoms with van der Waals surface area (Å²) in [5.74, 6) is 0.101. The molecule has 0 saturated heterocycles. The van der Waals surface area contributed by atoms with Crippen LogP contribution in [-0.2, 0) is 0 Å². The summed E-state index contributed by atoms with van der Waals surface area (Å²) in [5.41, 5.74) is 4.77. The number of halogens is 1. The summed E-state index contributed by atoms with van der Waals surface area (Å²) < 4.78 is 2.77. The third-order valence-electron chi connectivity index (χ3n) is 3.64. The molecule has 0 saturated carbocycles. The van der Waals surface area contributed by atoms with Gasteiger partial charge in [-0.3, -0.25) is 9.48 Å². The number of ketones is 1. The number of carbonyl (C=O) groups is 1. The molecule has 0 aliphatic carbocycles. The first-order valence-corrected chi connectivity index (χ1v) is 7.45. The predicted molar refractivity (Wildman–Crippen MR) is 84.4 cm³/mol. The lowest BCUT2D eigenvalue weighted by molar-refractivity contribution is 0.0926. The Kier molecular flexibility index (Phi) is 4.14. The number of rotatable bonds is 3. The van der Waals surface area contributed by atoms with Crippen LogP contribution in [0.15, 0.2) is 22.7 Å². The Morgan fingerprint density at radius 3 is 2.45 bits per heavy atom. The molecular weight excluding hydrogens is 316 g/mol. The number of benzene rings is 1. The minimum atomic E-state index is -0.305. The molecule has 0 bridgehead atoms. The fourth-order valence-electron chi connectivity index (χ4n) is 2.36. The molecule has 0 aliphatic heterocycles. The van der Waals surface area contributed by atoms with Crippen molar-refractivity contribution in [3.63, 3.8) is 0 Å². The van der Waals surface area contributed by atoms with Crippen molar-refractivity contribution in [3.05, 3.63) is 50.8 Å². The first-order valence-electron chi connectivity index (χ1n) is 6.65. The van der Waals surface area contributed by atoms with E-state index in [9.17, 15) is 4.79 Å². The molecule has 106 valence electrons. The number of carbonyl (C=O) groups excluding carboxylic acids is 1. The van der Waals surface area contributed by atoms with Crippen molar-refractivity contribution >= 4 is 21.7 Å². The molecule has 0 aliphatic rings. The molecule has 1 aromatic heterocycles. The maximum Gasteiger partial charge on any atom is 0.187 e. The number of Topliss-reactive ketones (excluding diaryl/α,β-unsaturated/α-hetero) is 1. The topological polar surface area (TPSA) is 34.9 Å². The zero-order valence-electron chi connectivity index (χ0n) is 12.5. The van der Waals surface area contributed by atoms with Gasteiger partial charge < -0.3 is 0 Å². The molecular formula is C16H19BrN2O. The summed E-state index contributed by atoms with van der Waals surface area (Å²) in [6.07, 6.45) is 0. The summed E-state index contributed by atoms with van der Waals surface area (Å²) in [4.78, 5) is 12.7. The Balaban J connectivity index is 2.42. The molecule has 0 radical (unpaired) electrons. The van der Waals surface area contributed by atoms with Gasteiger partial charge in [0, 0.05) is 5.56 Å². The molecule has 4 heteroatoms. The maximum absolute atomic E-state index is 12.7.